The summed E-state index contributed by atoms with van der Waals surface area (Å²) in [5.74, 6) is -0.595. The second kappa shape index (κ2) is 12.5. The molecule has 0 radical (unpaired) electrons. The SMILES string of the molecule is CC(CCC(=O)NNC(=O)OCCSSc1ccccn1)C(=O)OC(C)(C)C. The van der Waals surface area contributed by atoms with Gasteiger partial charge in [0.05, 0.1) is 5.92 Å². The van der Waals surface area contributed by atoms with E-state index in [-0.39, 0.29) is 19.0 Å². The highest BCUT2D eigenvalue weighted by atomic mass is 33.1. The number of hydrazine groups is 1. The number of carbonyl (C=O) groups is 3. The number of hydrogen-bond acceptors (Lipinski definition) is 8. The average Bonchev–Trinajstić information content (AvgIpc) is 2.63. The summed E-state index contributed by atoms with van der Waals surface area (Å²) in [4.78, 5) is 39.3. The van der Waals surface area contributed by atoms with E-state index in [1.807, 2.05) is 18.2 Å². The van der Waals surface area contributed by atoms with Gasteiger partial charge in [-0.25, -0.2) is 15.2 Å². The first-order valence-corrected chi connectivity index (χ1v) is 11.1. The van der Waals surface area contributed by atoms with E-state index in [9.17, 15) is 14.4 Å². The Bertz CT molecular complexity index is 638. The van der Waals surface area contributed by atoms with Crippen LogP contribution in [0.4, 0.5) is 4.79 Å². The molecule has 2 amide bonds. The number of hydrogen-bond donors (Lipinski definition) is 2. The summed E-state index contributed by atoms with van der Waals surface area (Å²) in [6, 6.07) is 5.63. The van der Waals surface area contributed by atoms with Gasteiger partial charge in [0.1, 0.15) is 17.2 Å². The van der Waals surface area contributed by atoms with Gasteiger partial charge in [-0.05, 0) is 50.1 Å². The van der Waals surface area contributed by atoms with Gasteiger partial charge in [-0.15, -0.1) is 0 Å². The number of carbonyl (C=O) groups excluding carboxylic acids is 3. The minimum atomic E-state index is -0.739. The summed E-state index contributed by atoms with van der Waals surface area (Å²) < 4.78 is 10.2. The molecular weight excluding hydrogens is 402 g/mol. The van der Waals surface area contributed by atoms with Crippen molar-refractivity contribution in [1.29, 1.82) is 0 Å². The van der Waals surface area contributed by atoms with E-state index in [2.05, 4.69) is 15.8 Å². The maximum Gasteiger partial charge on any atom is 0.426 e. The first kappa shape index (κ1) is 24.1. The van der Waals surface area contributed by atoms with Crippen LogP contribution < -0.4 is 10.9 Å². The van der Waals surface area contributed by atoms with E-state index in [0.717, 1.165) is 5.03 Å². The number of nitrogens with zero attached hydrogens (tertiary/aromatic N) is 1. The van der Waals surface area contributed by atoms with Crippen LogP contribution >= 0.6 is 21.6 Å². The van der Waals surface area contributed by atoms with Crippen LogP contribution in [0.25, 0.3) is 0 Å². The molecule has 1 unspecified atom stereocenters. The average molecular weight is 430 g/mol. The van der Waals surface area contributed by atoms with Crippen molar-refractivity contribution in [2.75, 3.05) is 12.4 Å². The topological polar surface area (TPSA) is 107 Å². The molecule has 0 spiro atoms. The van der Waals surface area contributed by atoms with Gasteiger partial charge in [-0.1, -0.05) is 23.8 Å². The van der Waals surface area contributed by atoms with Crippen LogP contribution in [0.2, 0.25) is 0 Å². The Morgan fingerprint density at radius 3 is 2.61 bits per heavy atom. The third-order valence-corrected chi connectivity index (χ3v) is 5.33. The van der Waals surface area contributed by atoms with Crippen LogP contribution in [0.3, 0.4) is 0 Å². The van der Waals surface area contributed by atoms with Gasteiger partial charge in [0, 0.05) is 18.4 Å². The Morgan fingerprint density at radius 2 is 1.96 bits per heavy atom. The zero-order valence-corrected chi connectivity index (χ0v) is 18.2. The van der Waals surface area contributed by atoms with Crippen LogP contribution in [-0.2, 0) is 19.1 Å². The molecule has 0 saturated carbocycles. The summed E-state index contributed by atoms with van der Waals surface area (Å²) >= 11 is 0. The summed E-state index contributed by atoms with van der Waals surface area (Å²) in [5, 5.41) is 0.879. The smallest absolute Gasteiger partial charge is 0.426 e. The number of rotatable bonds is 9. The standard InChI is InChI=1S/C18H27N3O5S2/c1-13(16(23)26-18(2,3)4)8-9-14(22)20-21-17(24)25-11-12-27-28-15-7-5-6-10-19-15/h5-7,10,13H,8-9,11-12H2,1-4H3,(H,20,22)(H,21,24). The van der Waals surface area contributed by atoms with Crippen molar-refractivity contribution >= 4 is 39.6 Å². The lowest BCUT2D eigenvalue weighted by molar-refractivity contribution is -0.159. The lowest BCUT2D eigenvalue weighted by atomic mass is 10.1. The Kier molecular flexibility index (Phi) is 10.8. The second-order valence-electron chi connectivity index (χ2n) is 6.86. The molecule has 1 heterocycles. The monoisotopic (exact) mass is 429 g/mol. The Hall–Kier alpha value is -1.94. The van der Waals surface area contributed by atoms with Gasteiger partial charge >= 0.3 is 12.1 Å². The van der Waals surface area contributed by atoms with Crippen molar-refractivity contribution in [2.45, 2.75) is 51.2 Å². The number of esters is 1. The van der Waals surface area contributed by atoms with Crippen LogP contribution in [0.15, 0.2) is 29.4 Å². The zero-order valence-electron chi connectivity index (χ0n) is 16.5. The van der Waals surface area contributed by atoms with E-state index in [0.29, 0.717) is 12.2 Å². The van der Waals surface area contributed by atoms with E-state index in [1.165, 1.54) is 21.6 Å². The van der Waals surface area contributed by atoms with Crippen molar-refractivity contribution < 1.29 is 23.9 Å². The second-order valence-corrected chi connectivity index (χ2v) is 9.29. The van der Waals surface area contributed by atoms with Gasteiger partial charge in [0.2, 0.25) is 5.91 Å². The quantitative estimate of drug-likeness (QED) is 0.266. The van der Waals surface area contributed by atoms with E-state index in [4.69, 9.17) is 9.47 Å². The molecular formula is C18H27N3O5S2. The molecule has 0 saturated heterocycles. The van der Waals surface area contributed by atoms with Crippen LogP contribution in [0.1, 0.15) is 40.5 Å². The number of aromatic nitrogens is 1. The molecule has 28 heavy (non-hydrogen) atoms. The highest BCUT2D eigenvalue weighted by Crippen LogP contribution is 2.28. The molecule has 8 nitrogen and oxygen atoms in total. The maximum absolute atomic E-state index is 11.8. The fourth-order valence-electron chi connectivity index (χ4n) is 1.75. The number of ether oxygens (including phenoxy) is 2. The van der Waals surface area contributed by atoms with Crippen molar-refractivity contribution in [1.82, 2.24) is 15.8 Å². The molecule has 0 bridgehead atoms. The fraction of sp³-hybridized carbons (Fsp3) is 0.556. The highest BCUT2D eigenvalue weighted by Gasteiger charge is 2.22. The first-order chi connectivity index (χ1) is 13.2. The largest absolute Gasteiger partial charge is 0.460 e. The van der Waals surface area contributed by atoms with E-state index >= 15 is 0 Å². The third-order valence-electron chi connectivity index (χ3n) is 3.10. The van der Waals surface area contributed by atoms with Crippen LogP contribution in [0, 0.1) is 5.92 Å². The van der Waals surface area contributed by atoms with Gasteiger partial charge in [-0.3, -0.25) is 15.0 Å². The summed E-state index contributed by atoms with van der Waals surface area (Å²) in [6.45, 7) is 7.26. The number of pyridine rings is 1. The van der Waals surface area contributed by atoms with E-state index < -0.39 is 23.5 Å². The van der Waals surface area contributed by atoms with E-state index in [1.54, 1.807) is 33.9 Å². The lowest BCUT2D eigenvalue weighted by Crippen LogP contribution is -2.42. The molecule has 156 valence electrons. The molecule has 0 aromatic carbocycles. The minimum absolute atomic E-state index is 0.0806. The summed E-state index contributed by atoms with van der Waals surface area (Å²) in [6.07, 6.45) is 1.37. The third kappa shape index (κ3) is 11.7. The van der Waals surface area contributed by atoms with Crippen molar-refractivity contribution in [2.24, 2.45) is 5.92 Å². The molecule has 2 N–H and O–H groups in total. The minimum Gasteiger partial charge on any atom is -0.460 e. The number of nitrogens with one attached hydrogen (secondary N) is 2. The normalized spacial score (nSPS) is 12.0. The molecule has 0 aliphatic rings. The lowest BCUT2D eigenvalue weighted by Gasteiger charge is -2.22. The predicted octanol–water partition coefficient (Wildman–Crippen LogP) is 3.34. The van der Waals surface area contributed by atoms with Gasteiger partial charge in [-0.2, -0.15) is 0 Å². The molecule has 1 rings (SSSR count). The molecule has 1 aromatic rings. The first-order valence-electron chi connectivity index (χ1n) is 8.82. The highest BCUT2D eigenvalue weighted by molar-refractivity contribution is 8.76. The Balaban J connectivity index is 2.09. The molecule has 0 aliphatic carbocycles. The van der Waals surface area contributed by atoms with Gasteiger partial charge in [0.15, 0.2) is 0 Å². The summed E-state index contributed by atoms with van der Waals surface area (Å²) in [7, 11) is 3.00. The fourth-order valence-corrected chi connectivity index (χ4v) is 3.46. The van der Waals surface area contributed by atoms with Crippen LogP contribution in [-0.4, -0.2) is 40.9 Å². The maximum atomic E-state index is 11.8. The molecule has 0 fully saturated rings. The summed E-state index contributed by atoms with van der Waals surface area (Å²) in [5.41, 5.74) is 3.87. The van der Waals surface area contributed by atoms with Crippen LogP contribution in [0.5, 0.6) is 0 Å². The van der Waals surface area contributed by atoms with Gasteiger partial charge in [0.25, 0.3) is 0 Å². The Morgan fingerprint density at radius 1 is 1.21 bits per heavy atom. The van der Waals surface area contributed by atoms with Crippen molar-refractivity contribution in [3.05, 3.63) is 24.4 Å². The van der Waals surface area contributed by atoms with Gasteiger partial charge < -0.3 is 9.47 Å². The molecule has 1 aromatic heterocycles. The zero-order chi connectivity index (χ0) is 21.0. The van der Waals surface area contributed by atoms with Crippen molar-refractivity contribution in [3.8, 4) is 0 Å². The Labute approximate surface area is 173 Å². The number of amides is 2. The molecule has 10 heteroatoms. The van der Waals surface area contributed by atoms with Crippen molar-refractivity contribution in [3.63, 3.8) is 0 Å². The molecule has 1 atom stereocenters. The predicted molar refractivity (Wildman–Crippen MR) is 109 cm³/mol. The molecule has 0 aliphatic heterocycles.